The van der Waals surface area contributed by atoms with E-state index < -0.39 is 0 Å². The molecule has 1 N–H and O–H groups in total. The second kappa shape index (κ2) is 7.64. The fraction of sp³-hybridized carbons (Fsp3) is 1.00. The maximum Gasteiger partial charge on any atom is 0.0581 e. The van der Waals surface area contributed by atoms with Gasteiger partial charge in [-0.15, -0.1) is 0 Å². The van der Waals surface area contributed by atoms with Crippen LogP contribution >= 0.6 is 0 Å². The largest absolute Gasteiger partial charge is 0.378 e. The topological polar surface area (TPSA) is 21.3 Å². The zero-order chi connectivity index (χ0) is 13.6. The SMILES string of the molecule is CCCCC1CCC(CNC)(CC2CCCO2)CC1. The number of nitrogens with one attached hydrogen (secondary N) is 1. The Bertz CT molecular complexity index is 240. The van der Waals surface area contributed by atoms with Gasteiger partial charge in [0.05, 0.1) is 6.10 Å². The van der Waals surface area contributed by atoms with Crippen LogP contribution in [0, 0.1) is 11.3 Å². The maximum atomic E-state index is 5.89. The lowest BCUT2D eigenvalue weighted by Crippen LogP contribution is -2.39. The monoisotopic (exact) mass is 267 g/mol. The first-order valence-corrected chi connectivity index (χ1v) is 8.54. The lowest BCUT2D eigenvalue weighted by Gasteiger charge is -2.41. The van der Waals surface area contributed by atoms with Crippen LogP contribution in [0.1, 0.15) is 71.1 Å². The minimum atomic E-state index is 0.534. The molecule has 112 valence electrons. The van der Waals surface area contributed by atoms with Crippen LogP contribution in [0.4, 0.5) is 0 Å². The first-order chi connectivity index (χ1) is 9.28. The molecule has 0 aromatic heterocycles. The molecule has 2 nitrogen and oxygen atoms in total. The molecule has 2 heteroatoms. The zero-order valence-corrected chi connectivity index (χ0v) is 13.0. The molecule has 2 fully saturated rings. The van der Waals surface area contributed by atoms with E-state index in [9.17, 15) is 0 Å². The van der Waals surface area contributed by atoms with Crippen molar-refractivity contribution < 1.29 is 4.74 Å². The van der Waals surface area contributed by atoms with Gasteiger partial charge < -0.3 is 10.1 Å². The fourth-order valence-corrected chi connectivity index (χ4v) is 4.19. The van der Waals surface area contributed by atoms with E-state index in [4.69, 9.17) is 4.74 Å². The number of unbranched alkanes of at least 4 members (excludes halogenated alkanes) is 1. The number of rotatable bonds is 7. The lowest BCUT2D eigenvalue weighted by molar-refractivity contribution is 0.0345. The molecule has 0 aromatic carbocycles. The molecule has 1 saturated heterocycles. The third-order valence-corrected chi connectivity index (χ3v) is 5.37. The molecule has 1 atom stereocenters. The van der Waals surface area contributed by atoms with Gasteiger partial charge in [0.2, 0.25) is 0 Å². The van der Waals surface area contributed by atoms with Crippen molar-refractivity contribution in [1.29, 1.82) is 0 Å². The van der Waals surface area contributed by atoms with Crippen LogP contribution in [0.15, 0.2) is 0 Å². The fourth-order valence-electron chi connectivity index (χ4n) is 4.19. The van der Waals surface area contributed by atoms with Crippen LogP contribution in [0.25, 0.3) is 0 Å². The smallest absolute Gasteiger partial charge is 0.0581 e. The molecule has 0 bridgehead atoms. The van der Waals surface area contributed by atoms with Gasteiger partial charge in [-0.3, -0.25) is 0 Å². The predicted octanol–water partition coefficient (Wildman–Crippen LogP) is 4.14. The van der Waals surface area contributed by atoms with Crippen LogP contribution in [0.5, 0.6) is 0 Å². The average molecular weight is 267 g/mol. The summed E-state index contributed by atoms with van der Waals surface area (Å²) in [6.07, 6.45) is 14.4. The molecule has 0 spiro atoms. The van der Waals surface area contributed by atoms with Crippen LogP contribution in [-0.2, 0) is 4.74 Å². The normalized spacial score (nSPS) is 35.7. The van der Waals surface area contributed by atoms with Crippen LogP contribution in [-0.4, -0.2) is 26.3 Å². The molecular weight excluding hydrogens is 234 g/mol. The highest BCUT2D eigenvalue weighted by atomic mass is 16.5. The summed E-state index contributed by atoms with van der Waals surface area (Å²) in [5.74, 6) is 1.01. The van der Waals surface area contributed by atoms with Crippen molar-refractivity contribution in [2.75, 3.05) is 20.2 Å². The van der Waals surface area contributed by atoms with Gasteiger partial charge in [0.1, 0.15) is 0 Å². The maximum absolute atomic E-state index is 5.89. The molecule has 0 aromatic rings. The third kappa shape index (κ3) is 4.46. The minimum Gasteiger partial charge on any atom is -0.378 e. The summed E-state index contributed by atoms with van der Waals surface area (Å²) in [4.78, 5) is 0. The van der Waals surface area contributed by atoms with Crippen molar-refractivity contribution >= 4 is 0 Å². The molecule has 1 aliphatic carbocycles. The van der Waals surface area contributed by atoms with Gasteiger partial charge in [-0.05, 0) is 63.3 Å². The summed E-state index contributed by atoms with van der Waals surface area (Å²) in [6, 6.07) is 0. The molecule has 1 aliphatic heterocycles. The van der Waals surface area contributed by atoms with Crippen molar-refractivity contribution in [3.8, 4) is 0 Å². The summed E-state index contributed by atoms with van der Waals surface area (Å²) in [7, 11) is 2.11. The Hall–Kier alpha value is -0.0800. The van der Waals surface area contributed by atoms with E-state index in [-0.39, 0.29) is 0 Å². The van der Waals surface area contributed by atoms with Crippen LogP contribution < -0.4 is 5.32 Å². The average Bonchev–Trinajstić information content (AvgIpc) is 2.91. The Morgan fingerprint density at radius 3 is 2.58 bits per heavy atom. The van der Waals surface area contributed by atoms with E-state index in [1.807, 2.05) is 0 Å². The van der Waals surface area contributed by atoms with E-state index in [0.717, 1.165) is 12.5 Å². The molecular formula is C17H33NO. The summed E-state index contributed by atoms with van der Waals surface area (Å²) < 4.78 is 5.89. The van der Waals surface area contributed by atoms with Crippen molar-refractivity contribution in [3.63, 3.8) is 0 Å². The van der Waals surface area contributed by atoms with E-state index in [0.29, 0.717) is 11.5 Å². The van der Waals surface area contributed by atoms with E-state index >= 15 is 0 Å². The van der Waals surface area contributed by atoms with Gasteiger partial charge in [0, 0.05) is 13.2 Å². The summed E-state index contributed by atoms with van der Waals surface area (Å²) in [5, 5.41) is 3.45. The zero-order valence-electron chi connectivity index (χ0n) is 13.0. The third-order valence-electron chi connectivity index (χ3n) is 5.37. The highest BCUT2D eigenvalue weighted by Crippen LogP contribution is 2.44. The molecule has 1 saturated carbocycles. The van der Waals surface area contributed by atoms with Crippen LogP contribution in [0.3, 0.4) is 0 Å². The van der Waals surface area contributed by atoms with E-state index in [1.54, 1.807) is 0 Å². The number of hydrogen-bond acceptors (Lipinski definition) is 2. The first-order valence-electron chi connectivity index (χ1n) is 8.54. The molecule has 0 radical (unpaired) electrons. The van der Waals surface area contributed by atoms with Crippen molar-refractivity contribution in [3.05, 3.63) is 0 Å². The molecule has 19 heavy (non-hydrogen) atoms. The summed E-state index contributed by atoms with van der Waals surface area (Å²) >= 11 is 0. The van der Waals surface area contributed by atoms with Crippen molar-refractivity contribution in [1.82, 2.24) is 5.32 Å². The van der Waals surface area contributed by atoms with Gasteiger partial charge in [-0.25, -0.2) is 0 Å². The molecule has 2 rings (SSSR count). The highest BCUT2D eigenvalue weighted by Gasteiger charge is 2.37. The van der Waals surface area contributed by atoms with Gasteiger partial charge in [0.25, 0.3) is 0 Å². The van der Waals surface area contributed by atoms with E-state index in [1.165, 1.54) is 70.8 Å². The predicted molar refractivity (Wildman–Crippen MR) is 81.4 cm³/mol. The molecule has 2 aliphatic rings. The van der Waals surface area contributed by atoms with Crippen LogP contribution in [0.2, 0.25) is 0 Å². The molecule has 1 heterocycles. The Kier molecular flexibility index (Phi) is 6.15. The molecule has 0 amide bonds. The Labute approximate surface area is 119 Å². The van der Waals surface area contributed by atoms with E-state index in [2.05, 4.69) is 19.3 Å². The Morgan fingerprint density at radius 2 is 2.00 bits per heavy atom. The quantitative estimate of drug-likeness (QED) is 0.748. The lowest BCUT2D eigenvalue weighted by atomic mass is 9.66. The van der Waals surface area contributed by atoms with Crippen molar-refractivity contribution in [2.24, 2.45) is 11.3 Å². The minimum absolute atomic E-state index is 0.534. The summed E-state index contributed by atoms with van der Waals surface area (Å²) in [5.41, 5.74) is 0.534. The second-order valence-corrected chi connectivity index (χ2v) is 6.96. The Balaban J connectivity index is 1.83. The van der Waals surface area contributed by atoms with Gasteiger partial charge in [-0.2, -0.15) is 0 Å². The highest BCUT2D eigenvalue weighted by molar-refractivity contribution is 4.90. The first kappa shape index (κ1) is 15.3. The van der Waals surface area contributed by atoms with Gasteiger partial charge >= 0.3 is 0 Å². The number of hydrogen-bond donors (Lipinski definition) is 1. The Morgan fingerprint density at radius 1 is 1.21 bits per heavy atom. The van der Waals surface area contributed by atoms with Gasteiger partial charge in [-0.1, -0.05) is 26.2 Å². The molecule has 1 unspecified atom stereocenters. The standard InChI is InChI=1S/C17H33NO/c1-3-4-6-15-8-10-17(11-9-15,14-18-2)13-16-7-5-12-19-16/h15-16,18H,3-14H2,1-2H3. The van der Waals surface area contributed by atoms with Gasteiger partial charge in [0.15, 0.2) is 0 Å². The second-order valence-electron chi connectivity index (χ2n) is 6.96. The summed E-state index contributed by atoms with van der Waals surface area (Å²) in [6.45, 7) is 4.50. The van der Waals surface area contributed by atoms with Crippen molar-refractivity contribution in [2.45, 2.75) is 77.2 Å². The number of ether oxygens (including phenoxy) is 1.